The van der Waals surface area contributed by atoms with Gasteiger partial charge in [-0.3, -0.25) is 0 Å². The second-order valence-corrected chi connectivity index (χ2v) is 3.39. The van der Waals surface area contributed by atoms with E-state index in [1.54, 1.807) is 12.3 Å². The van der Waals surface area contributed by atoms with Crippen molar-refractivity contribution in [3.63, 3.8) is 0 Å². The van der Waals surface area contributed by atoms with Crippen LogP contribution in [0.4, 0.5) is 4.39 Å². The maximum atomic E-state index is 13.4. The lowest BCUT2D eigenvalue weighted by molar-refractivity contribution is 0.209. The van der Waals surface area contributed by atoms with Crippen LogP contribution in [-0.2, 0) is 6.54 Å². The van der Waals surface area contributed by atoms with Gasteiger partial charge in [-0.05, 0) is 11.6 Å². The van der Waals surface area contributed by atoms with Gasteiger partial charge in [-0.15, -0.1) is 0 Å². The summed E-state index contributed by atoms with van der Waals surface area (Å²) in [5.41, 5.74) is 6.21. The van der Waals surface area contributed by atoms with Crippen LogP contribution in [0.25, 0.3) is 0 Å². The fraction of sp³-hybridized carbons (Fsp3) is 0.182. The molecule has 0 saturated carbocycles. The van der Waals surface area contributed by atoms with Gasteiger partial charge in [-0.1, -0.05) is 12.1 Å². The number of imidazole rings is 1. The molecular formula is C11H12FN3O. The molecule has 1 heterocycles. The van der Waals surface area contributed by atoms with Crippen molar-refractivity contribution in [1.29, 1.82) is 0 Å². The zero-order chi connectivity index (χ0) is 11.5. The van der Waals surface area contributed by atoms with Gasteiger partial charge in [0.15, 0.2) is 0 Å². The van der Waals surface area contributed by atoms with Crippen LogP contribution in [0.15, 0.2) is 30.6 Å². The maximum absolute atomic E-state index is 13.4. The van der Waals surface area contributed by atoms with Crippen LogP contribution in [0.5, 0.6) is 0 Å². The smallest absolute Gasteiger partial charge is 0.139 e. The molecule has 4 N–H and O–H groups in total. The standard InChI is InChI=1S/C11H12FN3O/c12-9-3-1-2-7(8(9)6-13)10(16)11-14-4-5-15-11/h1-5,10,16H,6,13H2,(H,14,15). The summed E-state index contributed by atoms with van der Waals surface area (Å²) in [6.07, 6.45) is 2.14. The molecule has 2 aromatic rings. The second-order valence-electron chi connectivity index (χ2n) is 3.39. The number of aliphatic hydroxyl groups is 1. The average molecular weight is 221 g/mol. The Balaban J connectivity index is 2.44. The molecule has 0 bridgehead atoms. The monoisotopic (exact) mass is 221 g/mol. The molecule has 1 aromatic carbocycles. The van der Waals surface area contributed by atoms with Crippen molar-refractivity contribution >= 4 is 0 Å². The Labute approximate surface area is 91.9 Å². The zero-order valence-corrected chi connectivity index (χ0v) is 8.52. The largest absolute Gasteiger partial charge is 0.380 e. The first-order valence-electron chi connectivity index (χ1n) is 4.88. The van der Waals surface area contributed by atoms with E-state index in [0.29, 0.717) is 17.0 Å². The molecule has 84 valence electrons. The van der Waals surface area contributed by atoms with E-state index in [9.17, 15) is 9.50 Å². The van der Waals surface area contributed by atoms with Crippen molar-refractivity contribution in [3.8, 4) is 0 Å². The fourth-order valence-corrected chi connectivity index (χ4v) is 1.62. The number of halogens is 1. The van der Waals surface area contributed by atoms with Gasteiger partial charge in [-0.2, -0.15) is 0 Å². The van der Waals surface area contributed by atoms with Gasteiger partial charge >= 0.3 is 0 Å². The van der Waals surface area contributed by atoms with E-state index in [1.165, 1.54) is 18.3 Å². The molecule has 1 atom stereocenters. The molecule has 1 aromatic heterocycles. The lowest BCUT2D eigenvalue weighted by atomic mass is 10.0. The summed E-state index contributed by atoms with van der Waals surface area (Å²) < 4.78 is 13.4. The van der Waals surface area contributed by atoms with Crippen LogP contribution in [0.1, 0.15) is 23.1 Å². The summed E-state index contributed by atoms with van der Waals surface area (Å²) in [4.78, 5) is 6.71. The molecule has 2 rings (SSSR count). The van der Waals surface area contributed by atoms with E-state index in [1.807, 2.05) is 0 Å². The number of nitrogens with two attached hydrogens (primary N) is 1. The third kappa shape index (κ3) is 1.82. The number of aromatic nitrogens is 2. The first kappa shape index (κ1) is 10.8. The molecule has 0 aliphatic rings. The zero-order valence-electron chi connectivity index (χ0n) is 8.52. The summed E-state index contributed by atoms with van der Waals surface area (Å²) in [6, 6.07) is 4.50. The van der Waals surface area contributed by atoms with Crippen LogP contribution < -0.4 is 5.73 Å². The highest BCUT2D eigenvalue weighted by Gasteiger charge is 2.17. The van der Waals surface area contributed by atoms with Crippen LogP contribution in [0, 0.1) is 5.82 Å². The summed E-state index contributed by atoms with van der Waals surface area (Å²) in [6.45, 7) is 0.0414. The third-order valence-corrected chi connectivity index (χ3v) is 2.43. The molecule has 16 heavy (non-hydrogen) atoms. The van der Waals surface area contributed by atoms with E-state index in [-0.39, 0.29) is 6.54 Å². The molecule has 0 fully saturated rings. The molecular weight excluding hydrogens is 209 g/mol. The number of H-pyrrole nitrogens is 1. The molecule has 0 spiro atoms. The van der Waals surface area contributed by atoms with Crippen molar-refractivity contribution in [1.82, 2.24) is 9.97 Å². The van der Waals surface area contributed by atoms with Crippen molar-refractivity contribution in [2.24, 2.45) is 5.73 Å². The van der Waals surface area contributed by atoms with Crippen molar-refractivity contribution in [2.45, 2.75) is 12.6 Å². The summed E-state index contributed by atoms with van der Waals surface area (Å²) in [5, 5.41) is 10.0. The number of hydrogen-bond acceptors (Lipinski definition) is 3. The van der Waals surface area contributed by atoms with E-state index in [0.717, 1.165) is 0 Å². The third-order valence-electron chi connectivity index (χ3n) is 2.43. The van der Waals surface area contributed by atoms with Gasteiger partial charge in [0.05, 0.1) is 0 Å². The van der Waals surface area contributed by atoms with E-state index in [4.69, 9.17) is 5.73 Å². The molecule has 0 aliphatic heterocycles. The number of aliphatic hydroxyl groups excluding tert-OH is 1. The number of nitrogens with one attached hydrogen (secondary N) is 1. The Morgan fingerprint density at radius 2 is 2.31 bits per heavy atom. The number of benzene rings is 1. The Kier molecular flexibility index (Phi) is 2.98. The highest BCUT2D eigenvalue weighted by Crippen LogP contribution is 2.24. The lowest BCUT2D eigenvalue weighted by Gasteiger charge is -2.13. The molecule has 0 saturated heterocycles. The van der Waals surface area contributed by atoms with E-state index >= 15 is 0 Å². The van der Waals surface area contributed by atoms with Crippen LogP contribution in [0.3, 0.4) is 0 Å². The predicted molar refractivity (Wildman–Crippen MR) is 56.9 cm³/mol. The number of rotatable bonds is 3. The summed E-state index contributed by atoms with van der Waals surface area (Å²) in [5.74, 6) is -0.0362. The van der Waals surface area contributed by atoms with Gasteiger partial charge in [0.1, 0.15) is 17.7 Å². The Hall–Kier alpha value is -1.72. The molecule has 0 radical (unpaired) electrons. The normalized spacial score (nSPS) is 12.7. The van der Waals surface area contributed by atoms with E-state index < -0.39 is 11.9 Å². The number of hydrogen-bond donors (Lipinski definition) is 3. The minimum atomic E-state index is -0.982. The van der Waals surface area contributed by atoms with Gasteiger partial charge < -0.3 is 15.8 Å². The van der Waals surface area contributed by atoms with Crippen LogP contribution in [0.2, 0.25) is 0 Å². The Bertz CT molecular complexity index is 470. The highest BCUT2D eigenvalue weighted by atomic mass is 19.1. The summed E-state index contributed by atoms with van der Waals surface area (Å²) in [7, 11) is 0. The fourth-order valence-electron chi connectivity index (χ4n) is 1.62. The predicted octanol–water partition coefficient (Wildman–Crippen LogP) is 1.09. The van der Waals surface area contributed by atoms with E-state index in [2.05, 4.69) is 9.97 Å². The van der Waals surface area contributed by atoms with Crippen LogP contribution >= 0.6 is 0 Å². The average Bonchev–Trinajstić information content (AvgIpc) is 2.81. The first-order valence-corrected chi connectivity index (χ1v) is 4.88. The van der Waals surface area contributed by atoms with Crippen molar-refractivity contribution < 1.29 is 9.50 Å². The topological polar surface area (TPSA) is 74.9 Å². The first-order chi connectivity index (χ1) is 7.74. The minimum Gasteiger partial charge on any atom is -0.380 e. The molecule has 1 unspecified atom stereocenters. The SMILES string of the molecule is NCc1c(F)cccc1C(O)c1ncc[nH]1. The second kappa shape index (κ2) is 4.42. The molecule has 5 heteroatoms. The summed E-state index contributed by atoms with van der Waals surface area (Å²) >= 11 is 0. The van der Waals surface area contributed by atoms with Gasteiger partial charge in [0.2, 0.25) is 0 Å². The molecule has 4 nitrogen and oxygen atoms in total. The van der Waals surface area contributed by atoms with Crippen molar-refractivity contribution in [3.05, 3.63) is 53.4 Å². The Morgan fingerprint density at radius 1 is 1.50 bits per heavy atom. The van der Waals surface area contributed by atoms with Gasteiger partial charge in [0.25, 0.3) is 0 Å². The minimum absolute atomic E-state index is 0.0414. The maximum Gasteiger partial charge on any atom is 0.139 e. The Morgan fingerprint density at radius 3 is 2.94 bits per heavy atom. The van der Waals surface area contributed by atoms with Crippen molar-refractivity contribution in [2.75, 3.05) is 0 Å². The van der Waals surface area contributed by atoms with Gasteiger partial charge in [0, 0.05) is 24.5 Å². The molecule has 0 aliphatic carbocycles. The van der Waals surface area contributed by atoms with Crippen LogP contribution in [-0.4, -0.2) is 15.1 Å². The highest BCUT2D eigenvalue weighted by molar-refractivity contribution is 5.33. The number of nitrogens with zero attached hydrogens (tertiary/aromatic N) is 1. The molecule has 0 amide bonds. The van der Waals surface area contributed by atoms with Gasteiger partial charge in [-0.25, -0.2) is 9.37 Å². The lowest BCUT2D eigenvalue weighted by Crippen LogP contribution is -2.10. The quantitative estimate of drug-likeness (QED) is 0.726. The number of aromatic amines is 1.